The van der Waals surface area contributed by atoms with Gasteiger partial charge >= 0.3 is 11.9 Å². The minimum Gasteiger partial charge on any atom is -0.481 e. The van der Waals surface area contributed by atoms with Gasteiger partial charge in [-0.05, 0) is 30.7 Å². The molecule has 0 aliphatic heterocycles. The largest absolute Gasteiger partial charge is 0.481 e. The number of thioether (sulfide) groups is 1. The highest BCUT2D eigenvalue weighted by Gasteiger charge is 2.22. The van der Waals surface area contributed by atoms with Gasteiger partial charge in [-0.25, -0.2) is 4.79 Å². The van der Waals surface area contributed by atoms with E-state index in [1.54, 1.807) is 24.3 Å². The number of esters is 1. The molecule has 0 atom stereocenters. The maximum absolute atomic E-state index is 12.6. The van der Waals surface area contributed by atoms with Crippen molar-refractivity contribution >= 4 is 57.5 Å². The van der Waals surface area contributed by atoms with Crippen LogP contribution < -0.4 is 10.6 Å². The van der Waals surface area contributed by atoms with E-state index in [4.69, 9.17) is 9.84 Å². The van der Waals surface area contributed by atoms with Crippen LogP contribution >= 0.6 is 23.1 Å². The first-order valence-electron chi connectivity index (χ1n) is 10.6. The van der Waals surface area contributed by atoms with Crippen molar-refractivity contribution in [3.05, 3.63) is 65.0 Å². The lowest BCUT2D eigenvalue weighted by Crippen LogP contribution is -2.16. The van der Waals surface area contributed by atoms with Crippen LogP contribution in [0.2, 0.25) is 0 Å². The number of rotatable bonds is 10. The van der Waals surface area contributed by atoms with Gasteiger partial charge in [-0.3, -0.25) is 14.4 Å². The fourth-order valence-corrected chi connectivity index (χ4v) is 4.85. The van der Waals surface area contributed by atoms with Crippen LogP contribution in [0, 0.1) is 6.92 Å². The molecule has 0 saturated heterocycles. The second-order valence-corrected chi connectivity index (χ2v) is 9.45. The second-order valence-electron chi connectivity index (χ2n) is 7.52. The summed E-state index contributed by atoms with van der Waals surface area (Å²) < 4.78 is 4.95. The summed E-state index contributed by atoms with van der Waals surface area (Å²) in [6, 6.07) is 14.6. The van der Waals surface area contributed by atoms with Crippen molar-refractivity contribution in [2.24, 2.45) is 0 Å². The van der Waals surface area contributed by atoms with E-state index < -0.39 is 17.8 Å². The van der Waals surface area contributed by atoms with Gasteiger partial charge in [0.05, 0.1) is 19.3 Å². The van der Waals surface area contributed by atoms with E-state index in [1.165, 1.54) is 30.2 Å². The maximum Gasteiger partial charge on any atom is 0.341 e. The van der Waals surface area contributed by atoms with E-state index in [-0.39, 0.29) is 24.5 Å². The zero-order chi connectivity index (χ0) is 25.4. The fraction of sp³-hybridized carbons (Fsp3) is 0.200. The van der Waals surface area contributed by atoms with E-state index in [9.17, 15) is 19.2 Å². The summed E-state index contributed by atoms with van der Waals surface area (Å²) in [7, 11) is 1.30. The number of carboxylic acids is 1. The van der Waals surface area contributed by atoms with Crippen LogP contribution in [0.1, 0.15) is 28.8 Å². The molecule has 3 N–H and O–H groups in total. The Morgan fingerprint density at radius 3 is 2.43 bits per heavy atom. The summed E-state index contributed by atoms with van der Waals surface area (Å²) in [6.07, 6.45) is -0.370. The number of hydrogen-bond donors (Lipinski definition) is 3. The van der Waals surface area contributed by atoms with Crippen LogP contribution in [0.25, 0.3) is 11.1 Å². The minimum absolute atomic E-state index is 0.0782. The van der Waals surface area contributed by atoms with Gasteiger partial charge in [0.2, 0.25) is 11.8 Å². The highest BCUT2D eigenvalue weighted by atomic mass is 32.2. The van der Waals surface area contributed by atoms with Crippen molar-refractivity contribution in [3.63, 3.8) is 0 Å². The molecule has 0 radical (unpaired) electrons. The highest BCUT2D eigenvalue weighted by molar-refractivity contribution is 8.00. The van der Waals surface area contributed by atoms with Gasteiger partial charge in [0, 0.05) is 27.9 Å². The van der Waals surface area contributed by atoms with Crippen LogP contribution in [-0.4, -0.2) is 41.7 Å². The number of anilines is 2. The Morgan fingerprint density at radius 1 is 1.00 bits per heavy atom. The number of carbonyl (C=O) groups is 4. The predicted octanol–water partition coefficient (Wildman–Crippen LogP) is 5.04. The Kier molecular flexibility index (Phi) is 9.04. The summed E-state index contributed by atoms with van der Waals surface area (Å²) in [5.41, 5.74) is 3.46. The zero-order valence-corrected chi connectivity index (χ0v) is 20.8. The molecule has 0 aliphatic carbocycles. The summed E-state index contributed by atoms with van der Waals surface area (Å²) in [6.45, 7) is 1.98. The van der Waals surface area contributed by atoms with Gasteiger partial charge in [0.15, 0.2) is 0 Å². The van der Waals surface area contributed by atoms with Gasteiger partial charge in [-0.15, -0.1) is 23.1 Å². The van der Waals surface area contributed by atoms with Crippen molar-refractivity contribution in [1.29, 1.82) is 0 Å². The summed E-state index contributed by atoms with van der Waals surface area (Å²) in [5.74, 6) is -2.19. The third-order valence-electron chi connectivity index (χ3n) is 4.85. The lowest BCUT2D eigenvalue weighted by Gasteiger charge is -2.09. The molecule has 0 bridgehead atoms. The first-order valence-corrected chi connectivity index (χ1v) is 12.4. The van der Waals surface area contributed by atoms with Crippen LogP contribution in [0.5, 0.6) is 0 Å². The Balaban J connectivity index is 1.65. The molecule has 10 heteroatoms. The number of nitrogens with one attached hydrogen (secondary N) is 2. The number of aliphatic carboxylic acids is 1. The smallest absolute Gasteiger partial charge is 0.341 e. The van der Waals surface area contributed by atoms with Gasteiger partial charge in [-0.1, -0.05) is 35.9 Å². The zero-order valence-electron chi connectivity index (χ0n) is 19.1. The molecular formula is C25H24N2O6S2. The van der Waals surface area contributed by atoms with Gasteiger partial charge in [0.25, 0.3) is 0 Å². The normalized spacial score (nSPS) is 10.5. The first kappa shape index (κ1) is 26.0. The molecule has 0 aliphatic rings. The number of amides is 2. The number of methoxy groups -OCH3 is 1. The quantitative estimate of drug-likeness (QED) is 0.257. The number of benzene rings is 2. The van der Waals surface area contributed by atoms with E-state index in [1.807, 2.05) is 36.6 Å². The molecular weight excluding hydrogens is 488 g/mol. The molecule has 182 valence electrons. The molecule has 0 fully saturated rings. The standard InChI is InChI=1S/C25H24N2O6S2/c1-15-6-8-16(9-7-15)19-13-35-24(23(19)25(32)33-2)27-21(29)14-34-18-5-3-4-17(12-18)26-20(28)10-11-22(30)31/h3-9,12-13H,10-11,14H2,1-2H3,(H,26,28)(H,27,29)(H,30,31). The number of carbonyl (C=O) groups excluding carboxylic acids is 3. The van der Waals surface area contributed by atoms with Crippen molar-refractivity contribution in [3.8, 4) is 11.1 Å². The fourth-order valence-electron chi connectivity index (χ4n) is 3.12. The lowest BCUT2D eigenvalue weighted by atomic mass is 10.0. The Morgan fingerprint density at radius 2 is 1.74 bits per heavy atom. The Hall–Kier alpha value is -3.63. The molecule has 0 saturated carbocycles. The maximum atomic E-state index is 12.6. The SMILES string of the molecule is COC(=O)c1c(-c2ccc(C)cc2)csc1NC(=O)CSc1cccc(NC(=O)CCC(=O)O)c1. The van der Waals surface area contributed by atoms with Crippen molar-refractivity contribution in [2.45, 2.75) is 24.7 Å². The number of ether oxygens (including phenoxy) is 1. The predicted molar refractivity (Wildman–Crippen MR) is 137 cm³/mol. The molecule has 2 amide bonds. The first-order chi connectivity index (χ1) is 16.8. The second kappa shape index (κ2) is 12.2. The van der Waals surface area contributed by atoms with Gasteiger partial charge in [-0.2, -0.15) is 0 Å². The van der Waals surface area contributed by atoms with E-state index in [2.05, 4.69) is 10.6 Å². The van der Waals surface area contributed by atoms with E-state index in [0.717, 1.165) is 16.0 Å². The van der Waals surface area contributed by atoms with Gasteiger partial charge in [0.1, 0.15) is 10.6 Å². The minimum atomic E-state index is -1.04. The average Bonchev–Trinajstić information content (AvgIpc) is 3.25. The van der Waals surface area contributed by atoms with Crippen LogP contribution in [0.3, 0.4) is 0 Å². The lowest BCUT2D eigenvalue weighted by molar-refractivity contribution is -0.138. The molecule has 3 aromatic rings. The molecule has 2 aromatic carbocycles. The number of hydrogen-bond acceptors (Lipinski definition) is 7. The molecule has 3 rings (SSSR count). The van der Waals surface area contributed by atoms with E-state index >= 15 is 0 Å². The molecule has 35 heavy (non-hydrogen) atoms. The summed E-state index contributed by atoms with van der Waals surface area (Å²) in [5, 5.41) is 16.4. The topological polar surface area (TPSA) is 122 Å². The molecule has 1 aromatic heterocycles. The number of aryl methyl sites for hydroxylation is 1. The van der Waals surface area contributed by atoms with Crippen molar-refractivity contribution in [2.75, 3.05) is 23.5 Å². The molecule has 8 nitrogen and oxygen atoms in total. The third kappa shape index (κ3) is 7.43. The summed E-state index contributed by atoms with van der Waals surface area (Å²) >= 11 is 2.52. The monoisotopic (exact) mass is 512 g/mol. The summed E-state index contributed by atoms with van der Waals surface area (Å²) in [4.78, 5) is 48.3. The van der Waals surface area contributed by atoms with Crippen LogP contribution in [0.4, 0.5) is 10.7 Å². The van der Waals surface area contributed by atoms with Crippen LogP contribution in [0.15, 0.2) is 58.8 Å². The Labute approximate surface area is 210 Å². The highest BCUT2D eigenvalue weighted by Crippen LogP contribution is 2.36. The molecule has 1 heterocycles. The van der Waals surface area contributed by atoms with E-state index in [0.29, 0.717) is 21.8 Å². The van der Waals surface area contributed by atoms with Crippen molar-refractivity contribution < 1.29 is 29.0 Å². The average molecular weight is 513 g/mol. The third-order valence-corrected chi connectivity index (χ3v) is 6.74. The van der Waals surface area contributed by atoms with Crippen LogP contribution in [-0.2, 0) is 19.1 Å². The Bertz CT molecular complexity index is 1240. The molecule has 0 unspecified atom stereocenters. The number of thiophene rings is 1. The number of carboxylic acid groups (broad SMARTS) is 1. The van der Waals surface area contributed by atoms with Gasteiger partial charge < -0.3 is 20.5 Å². The van der Waals surface area contributed by atoms with Crippen molar-refractivity contribution in [1.82, 2.24) is 0 Å². The molecule has 0 spiro atoms.